The standard InChI is InChI=1S/C16H20ClN3O/c1-11(12-4-6-13(17)7-5-12)20-15(21)16(2,3)10-14-18-8-9-19-14/h4-9,11H,10H2,1-3H3,(H,18,19)(H,20,21). The molecule has 1 aromatic carbocycles. The molecule has 0 saturated carbocycles. The number of aromatic nitrogens is 2. The minimum absolute atomic E-state index is 0.00125. The molecule has 0 bridgehead atoms. The highest BCUT2D eigenvalue weighted by molar-refractivity contribution is 6.30. The Balaban J connectivity index is 2.00. The van der Waals surface area contributed by atoms with Gasteiger partial charge in [0.15, 0.2) is 0 Å². The Labute approximate surface area is 129 Å². The second-order valence-corrected chi connectivity index (χ2v) is 6.28. The molecular formula is C16H20ClN3O. The number of benzene rings is 1. The first-order chi connectivity index (χ1) is 9.88. The molecule has 0 radical (unpaired) electrons. The van der Waals surface area contributed by atoms with E-state index in [9.17, 15) is 4.79 Å². The Hall–Kier alpha value is -1.81. The molecule has 1 unspecified atom stereocenters. The summed E-state index contributed by atoms with van der Waals surface area (Å²) in [7, 11) is 0. The van der Waals surface area contributed by atoms with Gasteiger partial charge in [0, 0.05) is 23.8 Å². The van der Waals surface area contributed by atoms with Crippen LogP contribution in [0.5, 0.6) is 0 Å². The Morgan fingerprint density at radius 1 is 1.38 bits per heavy atom. The SMILES string of the molecule is CC(NC(=O)C(C)(C)Cc1ncc[nH]1)c1ccc(Cl)cc1. The van der Waals surface area contributed by atoms with Gasteiger partial charge in [0.2, 0.25) is 5.91 Å². The third kappa shape index (κ3) is 4.08. The zero-order valence-electron chi connectivity index (χ0n) is 12.5. The van der Waals surface area contributed by atoms with E-state index < -0.39 is 5.41 Å². The van der Waals surface area contributed by atoms with E-state index >= 15 is 0 Å². The molecule has 0 saturated heterocycles. The molecule has 0 fully saturated rings. The maximum atomic E-state index is 12.5. The molecule has 2 aromatic rings. The molecule has 1 atom stereocenters. The minimum Gasteiger partial charge on any atom is -0.349 e. The summed E-state index contributed by atoms with van der Waals surface area (Å²) in [6.45, 7) is 5.79. The molecule has 4 nitrogen and oxygen atoms in total. The molecule has 0 aliphatic carbocycles. The van der Waals surface area contributed by atoms with Crippen LogP contribution >= 0.6 is 11.6 Å². The number of carbonyl (C=O) groups excluding carboxylic acids is 1. The van der Waals surface area contributed by atoms with Crippen LogP contribution in [0, 0.1) is 5.41 Å². The van der Waals surface area contributed by atoms with E-state index in [1.165, 1.54) is 0 Å². The number of imidazole rings is 1. The van der Waals surface area contributed by atoms with Gasteiger partial charge in [-0.3, -0.25) is 4.79 Å². The summed E-state index contributed by atoms with van der Waals surface area (Å²) in [5.74, 6) is 0.815. The molecule has 0 spiro atoms. The maximum Gasteiger partial charge on any atom is 0.226 e. The monoisotopic (exact) mass is 305 g/mol. The summed E-state index contributed by atoms with van der Waals surface area (Å²) in [4.78, 5) is 19.7. The van der Waals surface area contributed by atoms with Crippen molar-refractivity contribution in [1.82, 2.24) is 15.3 Å². The fraction of sp³-hybridized carbons (Fsp3) is 0.375. The number of hydrogen-bond acceptors (Lipinski definition) is 2. The number of carbonyl (C=O) groups is 1. The van der Waals surface area contributed by atoms with Gasteiger partial charge in [0.25, 0.3) is 0 Å². The highest BCUT2D eigenvalue weighted by Crippen LogP contribution is 2.23. The Bertz CT molecular complexity index is 590. The molecule has 1 heterocycles. The van der Waals surface area contributed by atoms with Gasteiger partial charge >= 0.3 is 0 Å². The van der Waals surface area contributed by atoms with Crippen molar-refractivity contribution in [2.24, 2.45) is 5.41 Å². The number of nitrogens with zero attached hydrogens (tertiary/aromatic N) is 1. The number of nitrogens with one attached hydrogen (secondary N) is 2. The summed E-state index contributed by atoms with van der Waals surface area (Å²) >= 11 is 5.88. The number of rotatable bonds is 5. The van der Waals surface area contributed by atoms with Crippen LogP contribution < -0.4 is 5.32 Å². The van der Waals surface area contributed by atoms with Gasteiger partial charge in [-0.1, -0.05) is 37.6 Å². The van der Waals surface area contributed by atoms with Crippen LogP contribution in [0.25, 0.3) is 0 Å². The molecule has 112 valence electrons. The molecule has 0 aliphatic heterocycles. The fourth-order valence-electron chi connectivity index (χ4n) is 2.12. The van der Waals surface area contributed by atoms with E-state index in [1.54, 1.807) is 12.4 Å². The van der Waals surface area contributed by atoms with E-state index in [4.69, 9.17) is 11.6 Å². The third-order valence-electron chi connectivity index (χ3n) is 3.50. The lowest BCUT2D eigenvalue weighted by molar-refractivity contribution is -0.130. The van der Waals surface area contributed by atoms with Crippen molar-refractivity contribution < 1.29 is 4.79 Å². The second kappa shape index (κ2) is 6.31. The van der Waals surface area contributed by atoms with Crippen molar-refractivity contribution in [3.63, 3.8) is 0 Å². The smallest absolute Gasteiger partial charge is 0.226 e. The number of halogens is 1. The zero-order chi connectivity index (χ0) is 15.5. The van der Waals surface area contributed by atoms with Gasteiger partial charge in [-0.05, 0) is 24.6 Å². The maximum absolute atomic E-state index is 12.5. The van der Waals surface area contributed by atoms with Gasteiger partial charge in [-0.2, -0.15) is 0 Å². The summed E-state index contributed by atoms with van der Waals surface area (Å²) in [6, 6.07) is 7.44. The van der Waals surface area contributed by atoms with Crippen LogP contribution in [0.2, 0.25) is 5.02 Å². The van der Waals surface area contributed by atoms with Crippen molar-refractivity contribution in [1.29, 1.82) is 0 Å². The van der Waals surface area contributed by atoms with E-state index in [0.717, 1.165) is 11.4 Å². The highest BCUT2D eigenvalue weighted by atomic mass is 35.5. The van der Waals surface area contributed by atoms with Gasteiger partial charge in [-0.25, -0.2) is 4.98 Å². The summed E-state index contributed by atoms with van der Waals surface area (Å²) in [6.07, 6.45) is 4.03. The van der Waals surface area contributed by atoms with Crippen LogP contribution in [-0.2, 0) is 11.2 Å². The van der Waals surface area contributed by atoms with Gasteiger partial charge in [0.1, 0.15) is 5.82 Å². The topological polar surface area (TPSA) is 57.8 Å². The first-order valence-corrected chi connectivity index (χ1v) is 7.31. The van der Waals surface area contributed by atoms with E-state index in [-0.39, 0.29) is 11.9 Å². The number of aromatic amines is 1. The molecule has 5 heteroatoms. The zero-order valence-corrected chi connectivity index (χ0v) is 13.2. The Kier molecular flexibility index (Phi) is 4.68. The minimum atomic E-state index is -0.529. The van der Waals surface area contributed by atoms with Crippen molar-refractivity contribution in [3.05, 3.63) is 53.1 Å². The van der Waals surface area contributed by atoms with Crippen LogP contribution in [-0.4, -0.2) is 15.9 Å². The van der Waals surface area contributed by atoms with Gasteiger partial charge in [0.05, 0.1) is 11.5 Å². The van der Waals surface area contributed by atoms with Crippen molar-refractivity contribution in [2.45, 2.75) is 33.2 Å². The summed E-state index contributed by atoms with van der Waals surface area (Å²) in [5, 5.41) is 3.73. The fourth-order valence-corrected chi connectivity index (χ4v) is 2.25. The molecule has 21 heavy (non-hydrogen) atoms. The van der Waals surface area contributed by atoms with Crippen molar-refractivity contribution in [2.75, 3.05) is 0 Å². The van der Waals surface area contributed by atoms with Crippen molar-refractivity contribution in [3.8, 4) is 0 Å². The Morgan fingerprint density at radius 2 is 2.05 bits per heavy atom. The Morgan fingerprint density at radius 3 is 2.62 bits per heavy atom. The van der Waals surface area contributed by atoms with E-state index in [0.29, 0.717) is 11.4 Å². The average Bonchev–Trinajstić information content (AvgIpc) is 2.91. The first-order valence-electron chi connectivity index (χ1n) is 6.93. The van der Waals surface area contributed by atoms with Crippen molar-refractivity contribution >= 4 is 17.5 Å². The predicted octanol–water partition coefficient (Wildman–Crippen LogP) is 3.51. The molecule has 0 aliphatic rings. The molecular weight excluding hydrogens is 286 g/mol. The second-order valence-electron chi connectivity index (χ2n) is 5.84. The predicted molar refractivity (Wildman–Crippen MR) is 84.1 cm³/mol. The highest BCUT2D eigenvalue weighted by Gasteiger charge is 2.30. The van der Waals surface area contributed by atoms with Gasteiger partial charge < -0.3 is 10.3 Å². The molecule has 1 amide bonds. The normalized spacial score (nSPS) is 13.0. The lowest BCUT2D eigenvalue weighted by Crippen LogP contribution is -2.39. The average molecular weight is 306 g/mol. The van der Waals surface area contributed by atoms with Crippen LogP contribution in [0.3, 0.4) is 0 Å². The molecule has 2 rings (SSSR count). The summed E-state index contributed by atoms with van der Waals surface area (Å²) in [5.41, 5.74) is 0.500. The van der Waals surface area contributed by atoms with Crippen LogP contribution in [0.4, 0.5) is 0 Å². The van der Waals surface area contributed by atoms with Crippen LogP contribution in [0.1, 0.15) is 38.2 Å². The largest absolute Gasteiger partial charge is 0.349 e. The number of amides is 1. The van der Waals surface area contributed by atoms with E-state index in [1.807, 2.05) is 45.0 Å². The number of H-pyrrole nitrogens is 1. The molecule has 1 aromatic heterocycles. The summed E-state index contributed by atoms with van der Waals surface area (Å²) < 4.78 is 0. The lowest BCUT2D eigenvalue weighted by Gasteiger charge is -2.25. The number of hydrogen-bond donors (Lipinski definition) is 2. The third-order valence-corrected chi connectivity index (χ3v) is 3.75. The van der Waals surface area contributed by atoms with Crippen LogP contribution in [0.15, 0.2) is 36.7 Å². The first kappa shape index (κ1) is 15.6. The quantitative estimate of drug-likeness (QED) is 0.888. The van der Waals surface area contributed by atoms with Gasteiger partial charge in [-0.15, -0.1) is 0 Å². The molecule has 2 N–H and O–H groups in total. The lowest BCUT2D eigenvalue weighted by atomic mass is 9.87. The van der Waals surface area contributed by atoms with E-state index in [2.05, 4.69) is 15.3 Å².